The quantitative estimate of drug-likeness (QED) is 0.715. The molecule has 22 heavy (non-hydrogen) atoms. The summed E-state index contributed by atoms with van der Waals surface area (Å²) in [6.07, 6.45) is 4.17. The van der Waals surface area contributed by atoms with Crippen LogP contribution in [0.2, 0.25) is 0 Å². The molecular weight excluding hydrogens is 278 g/mol. The fraction of sp³-hybridized carbons (Fsp3) is 0.611. The van der Waals surface area contributed by atoms with Crippen LogP contribution in [0.1, 0.15) is 46.5 Å². The van der Waals surface area contributed by atoms with E-state index in [0.717, 1.165) is 18.7 Å². The van der Waals surface area contributed by atoms with Gasteiger partial charge in [0.05, 0.1) is 7.11 Å². The molecule has 0 bridgehead atoms. The van der Waals surface area contributed by atoms with Gasteiger partial charge in [0.15, 0.2) is 6.10 Å². The molecule has 1 aromatic rings. The minimum atomic E-state index is -0.503. The number of rotatable bonds is 10. The van der Waals surface area contributed by atoms with E-state index in [9.17, 15) is 4.79 Å². The highest BCUT2D eigenvalue weighted by molar-refractivity contribution is 5.80. The average Bonchev–Trinajstić information content (AvgIpc) is 2.55. The third kappa shape index (κ3) is 6.37. The summed E-state index contributed by atoms with van der Waals surface area (Å²) in [6.45, 7) is 6.86. The molecule has 0 saturated heterocycles. The second kappa shape index (κ2) is 10.1. The minimum absolute atomic E-state index is 0.0641. The predicted molar refractivity (Wildman–Crippen MR) is 89.4 cm³/mol. The Hall–Kier alpha value is -1.71. The summed E-state index contributed by atoms with van der Waals surface area (Å²) in [5.74, 6) is 1.93. The average molecular weight is 307 g/mol. The summed E-state index contributed by atoms with van der Waals surface area (Å²) < 4.78 is 10.8. The van der Waals surface area contributed by atoms with Crippen molar-refractivity contribution in [3.63, 3.8) is 0 Å². The van der Waals surface area contributed by atoms with E-state index in [2.05, 4.69) is 19.2 Å². The molecular formula is C18H29NO3. The summed E-state index contributed by atoms with van der Waals surface area (Å²) in [4.78, 5) is 12.1. The Morgan fingerprint density at radius 3 is 2.36 bits per heavy atom. The van der Waals surface area contributed by atoms with Gasteiger partial charge in [0.1, 0.15) is 11.5 Å². The van der Waals surface area contributed by atoms with E-state index in [-0.39, 0.29) is 5.91 Å². The normalized spacial score (nSPS) is 13.3. The molecule has 1 rings (SSSR count). The molecule has 0 fully saturated rings. The summed E-state index contributed by atoms with van der Waals surface area (Å²) in [7, 11) is 1.62. The summed E-state index contributed by atoms with van der Waals surface area (Å²) in [5, 5.41) is 3.00. The van der Waals surface area contributed by atoms with Crippen molar-refractivity contribution in [3.8, 4) is 11.5 Å². The van der Waals surface area contributed by atoms with Crippen LogP contribution in [0.25, 0.3) is 0 Å². The van der Waals surface area contributed by atoms with Crippen LogP contribution in [0.3, 0.4) is 0 Å². The number of methoxy groups -OCH3 is 1. The molecule has 2 unspecified atom stereocenters. The lowest BCUT2D eigenvalue weighted by atomic mass is 9.99. The molecule has 1 N–H and O–H groups in total. The first-order valence-corrected chi connectivity index (χ1v) is 8.19. The largest absolute Gasteiger partial charge is 0.497 e. The van der Waals surface area contributed by atoms with E-state index in [0.29, 0.717) is 11.7 Å². The van der Waals surface area contributed by atoms with Gasteiger partial charge in [0.2, 0.25) is 0 Å². The van der Waals surface area contributed by atoms with E-state index in [1.807, 2.05) is 12.1 Å². The third-order valence-electron chi connectivity index (χ3n) is 3.85. The van der Waals surface area contributed by atoms with Crippen molar-refractivity contribution >= 4 is 5.91 Å². The van der Waals surface area contributed by atoms with Gasteiger partial charge in [-0.05, 0) is 43.5 Å². The SMILES string of the molecule is CCCCC(CC)CNC(=O)C(C)Oc1ccc(OC)cc1. The fourth-order valence-corrected chi connectivity index (χ4v) is 2.24. The lowest BCUT2D eigenvalue weighted by molar-refractivity contribution is -0.127. The van der Waals surface area contributed by atoms with Gasteiger partial charge in [-0.2, -0.15) is 0 Å². The van der Waals surface area contributed by atoms with Crippen molar-refractivity contribution in [2.45, 2.75) is 52.6 Å². The Morgan fingerprint density at radius 1 is 1.18 bits per heavy atom. The standard InChI is InChI=1S/C18H29NO3/c1-5-7-8-15(6-2)13-19-18(20)14(3)22-17-11-9-16(21-4)10-12-17/h9-12,14-15H,5-8,13H2,1-4H3,(H,19,20). The molecule has 0 aliphatic heterocycles. The Labute approximate surface area is 134 Å². The highest BCUT2D eigenvalue weighted by Gasteiger charge is 2.16. The number of amides is 1. The van der Waals surface area contributed by atoms with E-state index in [1.54, 1.807) is 26.2 Å². The van der Waals surface area contributed by atoms with Crippen molar-refractivity contribution in [3.05, 3.63) is 24.3 Å². The molecule has 0 spiro atoms. The van der Waals surface area contributed by atoms with E-state index >= 15 is 0 Å². The monoisotopic (exact) mass is 307 g/mol. The minimum Gasteiger partial charge on any atom is -0.497 e. The molecule has 2 atom stereocenters. The van der Waals surface area contributed by atoms with Crippen molar-refractivity contribution in [1.29, 1.82) is 0 Å². The lowest BCUT2D eigenvalue weighted by Gasteiger charge is -2.18. The number of carbonyl (C=O) groups excluding carboxylic acids is 1. The molecule has 0 aliphatic carbocycles. The molecule has 0 aromatic heterocycles. The first-order chi connectivity index (χ1) is 10.6. The predicted octanol–water partition coefficient (Wildman–Crippen LogP) is 3.80. The molecule has 0 heterocycles. The van der Waals surface area contributed by atoms with Crippen molar-refractivity contribution in [2.75, 3.05) is 13.7 Å². The van der Waals surface area contributed by atoms with Gasteiger partial charge in [-0.3, -0.25) is 4.79 Å². The first-order valence-electron chi connectivity index (χ1n) is 8.19. The van der Waals surface area contributed by atoms with Gasteiger partial charge in [0, 0.05) is 6.54 Å². The van der Waals surface area contributed by atoms with Gasteiger partial charge in [-0.1, -0.05) is 33.1 Å². The Kier molecular flexibility index (Phi) is 8.41. The second-order valence-corrected chi connectivity index (χ2v) is 5.60. The Balaban J connectivity index is 2.40. The zero-order valence-electron chi connectivity index (χ0n) is 14.2. The number of hydrogen-bond acceptors (Lipinski definition) is 3. The molecule has 4 heteroatoms. The summed E-state index contributed by atoms with van der Waals surface area (Å²) in [5.41, 5.74) is 0. The van der Waals surface area contributed by atoms with Gasteiger partial charge in [0.25, 0.3) is 5.91 Å². The van der Waals surface area contributed by atoms with Crippen LogP contribution in [-0.4, -0.2) is 25.7 Å². The number of benzene rings is 1. The first kappa shape index (κ1) is 18.3. The number of ether oxygens (including phenoxy) is 2. The van der Waals surface area contributed by atoms with Crippen LogP contribution >= 0.6 is 0 Å². The lowest BCUT2D eigenvalue weighted by Crippen LogP contribution is -2.38. The Bertz CT molecular complexity index is 430. The maximum atomic E-state index is 12.1. The van der Waals surface area contributed by atoms with Crippen LogP contribution in [-0.2, 0) is 4.79 Å². The molecule has 1 amide bonds. The molecule has 1 aromatic carbocycles. The van der Waals surface area contributed by atoms with E-state index < -0.39 is 6.10 Å². The van der Waals surface area contributed by atoms with Crippen LogP contribution in [0.4, 0.5) is 0 Å². The zero-order valence-corrected chi connectivity index (χ0v) is 14.2. The highest BCUT2D eigenvalue weighted by Crippen LogP contribution is 2.18. The topological polar surface area (TPSA) is 47.6 Å². The maximum absolute atomic E-state index is 12.1. The van der Waals surface area contributed by atoms with Gasteiger partial charge in [-0.25, -0.2) is 0 Å². The number of hydrogen-bond donors (Lipinski definition) is 1. The van der Waals surface area contributed by atoms with Crippen molar-refractivity contribution in [1.82, 2.24) is 5.32 Å². The summed E-state index contributed by atoms with van der Waals surface area (Å²) >= 11 is 0. The van der Waals surface area contributed by atoms with Gasteiger partial charge < -0.3 is 14.8 Å². The molecule has 124 valence electrons. The Morgan fingerprint density at radius 2 is 1.82 bits per heavy atom. The third-order valence-corrected chi connectivity index (χ3v) is 3.85. The maximum Gasteiger partial charge on any atom is 0.260 e. The number of nitrogens with one attached hydrogen (secondary N) is 1. The highest BCUT2D eigenvalue weighted by atomic mass is 16.5. The van der Waals surface area contributed by atoms with Crippen molar-refractivity contribution < 1.29 is 14.3 Å². The fourth-order valence-electron chi connectivity index (χ4n) is 2.24. The van der Waals surface area contributed by atoms with Crippen molar-refractivity contribution in [2.24, 2.45) is 5.92 Å². The van der Waals surface area contributed by atoms with E-state index in [1.165, 1.54) is 19.3 Å². The van der Waals surface area contributed by atoms with Crippen LogP contribution in [0, 0.1) is 5.92 Å². The van der Waals surface area contributed by atoms with Crippen LogP contribution in [0.15, 0.2) is 24.3 Å². The van der Waals surface area contributed by atoms with Gasteiger partial charge >= 0.3 is 0 Å². The molecule has 0 aliphatic rings. The molecule has 0 saturated carbocycles. The molecule has 4 nitrogen and oxygen atoms in total. The van der Waals surface area contributed by atoms with E-state index in [4.69, 9.17) is 9.47 Å². The second-order valence-electron chi connectivity index (χ2n) is 5.60. The number of carbonyl (C=O) groups is 1. The summed E-state index contributed by atoms with van der Waals surface area (Å²) in [6, 6.07) is 7.24. The smallest absolute Gasteiger partial charge is 0.260 e. The van der Waals surface area contributed by atoms with Crippen LogP contribution in [0.5, 0.6) is 11.5 Å². The van der Waals surface area contributed by atoms with Gasteiger partial charge in [-0.15, -0.1) is 0 Å². The zero-order chi connectivity index (χ0) is 16.4. The van der Waals surface area contributed by atoms with Crippen LogP contribution < -0.4 is 14.8 Å². The number of unbranched alkanes of at least 4 members (excludes halogenated alkanes) is 1. The molecule has 0 radical (unpaired) electrons.